The smallest absolute Gasteiger partial charge is 0.338 e. The van der Waals surface area contributed by atoms with Crippen LogP contribution in [0.5, 0.6) is 0 Å². The lowest BCUT2D eigenvalue weighted by Gasteiger charge is -2.24. The second-order valence-corrected chi connectivity index (χ2v) is 7.31. The summed E-state index contributed by atoms with van der Waals surface area (Å²) in [4.78, 5) is 44.1. The molecular weight excluding hydrogens is 382 g/mol. The number of benzene rings is 2. The van der Waals surface area contributed by atoms with Gasteiger partial charge in [0.1, 0.15) is 6.54 Å². The first kappa shape index (κ1) is 19.8. The number of amides is 2. The Morgan fingerprint density at radius 2 is 2.03 bits per heavy atom. The van der Waals surface area contributed by atoms with Crippen LogP contribution >= 0.6 is 0 Å². The van der Waals surface area contributed by atoms with Crippen LogP contribution in [0.2, 0.25) is 0 Å². The maximum atomic E-state index is 13.2. The molecule has 0 saturated heterocycles. The van der Waals surface area contributed by atoms with E-state index in [0.29, 0.717) is 22.6 Å². The quantitative estimate of drug-likeness (QED) is 0.768. The molecule has 4 rings (SSSR count). The molecule has 1 saturated carbocycles. The minimum absolute atomic E-state index is 0.0911. The molecule has 0 radical (unpaired) electrons. The normalized spacial score (nSPS) is 17.5. The monoisotopic (exact) mass is 405 g/mol. The summed E-state index contributed by atoms with van der Waals surface area (Å²) in [6.45, 7) is 1.88. The van der Waals surface area contributed by atoms with E-state index in [1.54, 1.807) is 31.2 Å². The number of nitrogens with one attached hydrogen (secondary N) is 1. The van der Waals surface area contributed by atoms with E-state index in [-0.39, 0.29) is 30.9 Å². The zero-order valence-corrected chi connectivity index (χ0v) is 16.8. The number of carbonyl (C=O) groups is 3. The minimum Gasteiger partial charge on any atom is -0.462 e. The van der Waals surface area contributed by atoms with Gasteiger partial charge in [0.25, 0.3) is 0 Å². The van der Waals surface area contributed by atoms with E-state index in [1.807, 2.05) is 24.3 Å². The average Bonchev–Trinajstić information content (AvgIpc) is 3.17. The van der Waals surface area contributed by atoms with E-state index >= 15 is 0 Å². The summed E-state index contributed by atoms with van der Waals surface area (Å²) in [7, 11) is 0. The Bertz CT molecular complexity index is 1030. The molecule has 0 bridgehead atoms. The molecule has 0 spiro atoms. The second-order valence-electron chi connectivity index (χ2n) is 7.31. The molecule has 1 aliphatic carbocycles. The van der Waals surface area contributed by atoms with E-state index in [0.717, 1.165) is 25.0 Å². The Hall–Kier alpha value is -3.48. The SMILES string of the molecule is CCOC(=O)c1cccc(NC(=O)CN2C(=O)[C@H]3CCCC3=Nc3ccccc32)c1. The van der Waals surface area contributed by atoms with Crippen molar-refractivity contribution in [2.24, 2.45) is 10.9 Å². The van der Waals surface area contributed by atoms with Gasteiger partial charge in [-0.1, -0.05) is 18.2 Å². The zero-order valence-electron chi connectivity index (χ0n) is 16.8. The number of carbonyl (C=O) groups excluding carboxylic acids is 3. The van der Waals surface area contributed by atoms with Crippen molar-refractivity contribution >= 4 is 40.6 Å². The van der Waals surface area contributed by atoms with E-state index in [9.17, 15) is 14.4 Å². The van der Waals surface area contributed by atoms with Crippen molar-refractivity contribution in [1.82, 2.24) is 0 Å². The number of aliphatic imine (C=N–C) groups is 1. The van der Waals surface area contributed by atoms with Crippen molar-refractivity contribution in [3.8, 4) is 0 Å². The van der Waals surface area contributed by atoms with E-state index < -0.39 is 5.97 Å². The summed E-state index contributed by atoms with van der Waals surface area (Å²) in [6, 6.07) is 13.9. The van der Waals surface area contributed by atoms with Gasteiger partial charge in [-0.2, -0.15) is 0 Å². The molecule has 1 atom stereocenters. The van der Waals surface area contributed by atoms with Crippen molar-refractivity contribution in [2.75, 3.05) is 23.4 Å². The van der Waals surface area contributed by atoms with Crippen LogP contribution in [-0.2, 0) is 14.3 Å². The highest BCUT2D eigenvalue weighted by atomic mass is 16.5. The average molecular weight is 405 g/mol. The fourth-order valence-electron chi connectivity index (χ4n) is 3.92. The third kappa shape index (κ3) is 3.96. The molecule has 1 fully saturated rings. The Morgan fingerprint density at radius 1 is 1.20 bits per heavy atom. The Balaban J connectivity index is 1.54. The molecular formula is C23H23N3O4. The molecule has 0 unspecified atom stereocenters. The number of rotatable bonds is 5. The summed E-state index contributed by atoms with van der Waals surface area (Å²) >= 11 is 0. The molecule has 30 heavy (non-hydrogen) atoms. The van der Waals surface area contributed by atoms with Crippen LogP contribution in [0.15, 0.2) is 53.5 Å². The minimum atomic E-state index is -0.448. The largest absolute Gasteiger partial charge is 0.462 e. The van der Waals surface area contributed by atoms with Crippen molar-refractivity contribution in [3.63, 3.8) is 0 Å². The molecule has 2 aromatic carbocycles. The van der Waals surface area contributed by atoms with Crippen molar-refractivity contribution in [3.05, 3.63) is 54.1 Å². The van der Waals surface area contributed by atoms with Gasteiger partial charge < -0.3 is 15.0 Å². The first-order valence-corrected chi connectivity index (χ1v) is 10.1. The Morgan fingerprint density at radius 3 is 2.87 bits per heavy atom. The van der Waals surface area contributed by atoms with Gasteiger partial charge in [0.2, 0.25) is 11.8 Å². The summed E-state index contributed by atoms with van der Waals surface area (Å²) in [5, 5.41) is 2.78. The van der Waals surface area contributed by atoms with Gasteiger partial charge in [-0.15, -0.1) is 0 Å². The van der Waals surface area contributed by atoms with E-state index in [1.165, 1.54) is 4.90 Å². The number of para-hydroxylation sites is 2. The topological polar surface area (TPSA) is 88.1 Å². The lowest BCUT2D eigenvalue weighted by molar-refractivity contribution is -0.122. The van der Waals surface area contributed by atoms with Gasteiger partial charge in [-0.05, 0) is 56.5 Å². The summed E-state index contributed by atoms with van der Waals surface area (Å²) < 4.78 is 5.00. The van der Waals surface area contributed by atoms with Gasteiger partial charge in [0.05, 0.1) is 29.5 Å². The van der Waals surface area contributed by atoms with Gasteiger partial charge in [-0.25, -0.2) is 4.79 Å². The molecule has 7 nitrogen and oxygen atoms in total. The summed E-state index contributed by atoms with van der Waals surface area (Å²) in [6.07, 6.45) is 2.49. The van der Waals surface area contributed by atoms with Crippen LogP contribution in [-0.4, -0.2) is 36.6 Å². The van der Waals surface area contributed by atoms with Crippen LogP contribution in [0.1, 0.15) is 36.5 Å². The molecule has 1 N–H and O–H groups in total. The molecule has 2 aliphatic rings. The first-order valence-electron chi connectivity index (χ1n) is 10.1. The highest BCUT2D eigenvalue weighted by molar-refractivity contribution is 6.16. The highest BCUT2D eigenvalue weighted by Crippen LogP contribution is 2.37. The number of ether oxygens (including phenoxy) is 1. The van der Waals surface area contributed by atoms with Crippen LogP contribution < -0.4 is 10.2 Å². The maximum absolute atomic E-state index is 13.2. The van der Waals surface area contributed by atoms with Gasteiger partial charge in [0, 0.05) is 11.4 Å². The molecule has 2 amide bonds. The van der Waals surface area contributed by atoms with Crippen LogP contribution in [0.3, 0.4) is 0 Å². The van der Waals surface area contributed by atoms with Gasteiger partial charge >= 0.3 is 5.97 Å². The van der Waals surface area contributed by atoms with Gasteiger partial charge in [-0.3, -0.25) is 14.6 Å². The number of hydrogen-bond donors (Lipinski definition) is 1. The number of fused-ring (bicyclic) bond motifs is 2. The van der Waals surface area contributed by atoms with Crippen LogP contribution in [0.4, 0.5) is 17.1 Å². The summed E-state index contributed by atoms with van der Waals surface area (Å²) in [5.41, 5.74) is 3.08. The second kappa shape index (κ2) is 8.49. The number of nitrogens with zero attached hydrogens (tertiary/aromatic N) is 2. The third-order valence-corrected chi connectivity index (χ3v) is 5.29. The Labute approximate surface area is 174 Å². The lowest BCUT2D eigenvalue weighted by atomic mass is 10.1. The zero-order chi connectivity index (χ0) is 21.1. The maximum Gasteiger partial charge on any atom is 0.338 e. The van der Waals surface area contributed by atoms with E-state index in [4.69, 9.17) is 9.73 Å². The highest BCUT2D eigenvalue weighted by Gasteiger charge is 2.37. The molecule has 7 heteroatoms. The predicted octanol–water partition coefficient (Wildman–Crippen LogP) is 3.72. The number of hydrogen-bond acceptors (Lipinski definition) is 5. The molecule has 154 valence electrons. The Kier molecular flexibility index (Phi) is 5.61. The van der Waals surface area contributed by atoms with Crippen molar-refractivity contribution in [1.29, 1.82) is 0 Å². The lowest BCUT2D eigenvalue weighted by Crippen LogP contribution is -2.41. The molecule has 0 aromatic heterocycles. The van der Waals surface area contributed by atoms with Crippen LogP contribution in [0.25, 0.3) is 0 Å². The van der Waals surface area contributed by atoms with Gasteiger partial charge in [0.15, 0.2) is 0 Å². The summed E-state index contributed by atoms with van der Waals surface area (Å²) in [5.74, 6) is -1.15. The molecule has 1 heterocycles. The predicted molar refractivity (Wildman–Crippen MR) is 114 cm³/mol. The number of esters is 1. The fraction of sp³-hybridized carbons (Fsp3) is 0.304. The van der Waals surface area contributed by atoms with Crippen LogP contribution in [0, 0.1) is 5.92 Å². The third-order valence-electron chi connectivity index (χ3n) is 5.29. The fourth-order valence-corrected chi connectivity index (χ4v) is 3.92. The first-order chi connectivity index (χ1) is 14.6. The molecule has 2 aromatic rings. The molecule has 1 aliphatic heterocycles. The van der Waals surface area contributed by atoms with Crippen molar-refractivity contribution < 1.29 is 19.1 Å². The van der Waals surface area contributed by atoms with E-state index in [2.05, 4.69) is 5.32 Å². The standard InChI is InChI=1S/C23H23N3O4/c1-2-30-23(29)15-7-5-8-16(13-15)24-21(27)14-26-20-12-4-3-10-19(20)25-18-11-6-9-17(18)22(26)28/h3-5,7-8,10,12-13,17H,2,6,9,11,14H2,1H3,(H,24,27)/t17-/m0/s1. The van der Waals surface area contributed by atoms with Crippen molar-refractivity contribution in [2.45, 2.75) is 26.2 Å². The number of anilines is 2.